The third-order valence-electron chi connectivity index (χ3n) is 4.38. The van der Waals surface area contributed by atoms with Crippen LogP contribution in [0.5, 0.6) is 0 Å². The quantitative estimate of drug-likeness (QED) is 0.180. The number of aliphatic hydroxyl groups excluding tert-OH is 1. The topological polar surface area (TPSA) is 78.9 Å². The predicted molar refractivity (Wildman–Crippen MR) is 120 cm³/mol. The number of hydrogen-bond acceptors (Lipinski definition) is 6. The summed E-state index contributed by atoms with van der Waals surface area (Å²) in [5.41, 5.74) is 4.91. The van der Waals surface area contributed by atoms with Gasteiger partial charge in [-0.1, -0.05) is 12.1 Å². The molecular weight excluding hydrogens is 509 g/mol. The van der Waals surface area contributed by atoms with Gasteiger partial charge in [0.15, 0.2) is 0 Å². The van der Waals surface area contributed by atoms with E-state index in [4.69, 9.17) is 4.74 Å². The minimum atomic E-state index is -3.57. The zero-order chi connectivity index (χ0) is 21.6. The van der Waals surface area contributed by atoms with Crippen molar-refractivity contribution in [1.82, 2.24) is 5.43 Å². The molecule has 0 saturated heterocycles. The average Bonchev–Trinajstić information content (AvgIpc) is 3.12. The van der Waals surface area contributed by atoms with Gasteiger partial charge in [-0.15, -0.1) is 16.9 Å². The van der Waals surface area contributed by atoms with E-state index in [9.17, 15) is 13.5 Å². The first-order chi connectivity index (χ1) is 14.3. The first kappa shape index (κ1) is 26.1. The Morgan fingerprint density at radius 1 is 1.19 bits per heavy atom. The number of aryl methyl sites for hydroxylation is 1. The third kappa shape index (κ3) is 8.06. The van der Waals surface area contributed by atoms with Crippen LogP contribution in [0.2, 0.25) is 0 Å². The molecule has 1 atom stereocenters. The van der Waals surface area contributed by atoms with Gasteiger partial charge in [-0.2, -0.15) is 35.8 Å². The minimum absolute atomic E-state index is 0. The molecule has 2 N–H and O–H groups in total. The minimum Gasteiger partial charge on any atom is -0.388 e. The van der Waals surface area contributed by atoms with Gasteiger partial charge < -0.3 is 9.84 Å². The van der Waals surface area contributed by atoms with Gasteiger partial charge in [0, 0.05) is 55.5 Å². The van der Waals surface area contributed by atoms with E-state index in [2.05, 4.69) is 11.5 Å². The molecule has 1 heterocycles. The second kappa shape index (κ2) is 12.2. The van der Waals surface area contributed by atoms with E-state index in [0.29, 0.717) is 18.7 Å². The largest absolute Gasteiger partial charge is 0.388 e. The van der Waals surface area contributed by atoms with Crippen LogP contribution in [0, 0.1) is 13.0 Å². The Balaban J connectivity index is 0.00000341. The van der Waals surface area contributed by atoms with Crippen LogP contribution < -0.4 is 9.84 Å². The number of ether oxygens (including phenoxy) is 1. The number of rotatable bonds is 10. The van der Waals surface area contributed by atoms with E-state index in [-0.39, 0.29) is 39.4 Å². The van der Waals surface area contributed by atoms with Gasteiger partial charge in [-0.25, -0.2) is 12.8 Å². The van der Waals surface area contributed by atoms with E-state index >= 15 is 0 Å². The van der Waals surface area contributed by atoms with Crippen LogP contribution in [0.1, 0.15) is 27.0 Å². The van der Waals surface area contributed by atoms with Gasteiger partial charge in [0.2, 0.25) is 10.0 Å². The Morgan fingerprint density at radius 3 is 2.52 bits per heavy atom. The molecule has 0 saturated carbocycles. The van der Waals surface area contributed by atoms with Crippen molar-refractivity contribution in [3.63, 3.8) is 0 Å². The summed E-state index contributed by atoms with van der Waals surface area (Å²) >= 11 is 1.66. The predicted octanol–water partition coefficient (Wildman–Crippen LogP) is 3.58. The summed E-state index contributed by atoms with van der Waals surface area (Å²) in [6, 6.07) is 21.2. The number of sulfonamides is 1. The fraction of sp³-hybridized carbons (Fsp3) is 0.273. The van der Waals surface area contributed by atoms with Crippen LogP contribution in [0.4, 0.5) is 5.69 Å². The summed E-state index contributed by atoms with van der Waals surface area (Å²) in [7, 11) is -3.57. The molecule has 0 amide bonds. The molecule has 0 fully saturated rings. The number of hydrazine groups is 1. The van der Waals surface area contributed by atoms with Gasteiger partial charge in [-0.05, 0) is 36.8 Å². The molecule has 1 radical (unpaired) electrons. The molecule has 0 aliphatic heterocycles. The van der Waals surface area contributed by atoms with Crippen molar-refractivity contribution < 1.29 is 51.0 Å². The zero-order valence-corrected chi connectivity index (χ0v) is 22.0. The Labute approximate surface area is 213 Å². The van der Waals surface area contributed by atoms with Gasteiger partial charge in [0.1, 0.15) is 6.73 Å². The molecule has 9 heteroatoms. The van der Waals surface area contributed by atoms with Crippen molar-refractivity contribution in [1.29, 1.82) is 0 Å². The summed E-state index contributed by atoms with van der Waals surface area (Å²) < 4.78 is 31.0. The summed E-state index contributed by atoms with van der Waals surface area (Å²) in [5.74, 6) is 0. The number of benzene rings is 2. The average molecular weight is 534 g/mol. The van der Waals surface area contributed by atoms with Gasteiger partial charge >= 0.3 is 0 Å². The summed E-state index contributed by atoms with van der Waals surface area (Å²) in [6.45, 7) is 2.39. The molecule has 0 aliphatic carbocycles. The molecule has 31 heavy (non-hydrogen) atoms. The normalized spacial score (nSPS) is 12.2. The standard InChI is InChI=1S/C22H25N2O4S2.Y/c1-17-8-13-21(29-17)14-22(25)19-9-11-20(12-10-19)24(30(2,26)27)23-16-28-15-18-6-4-3-5-7-18;/h3-4,6-13,22-23,25H,14-16H2,1-2H3;/q-1;. The molecule has 6 nitrogen and oxygen atoms in total. The van der Waals surface area contributed by atoms with Gasteiger partial charge in [0.25, 0.3) is 0 Å². The van der Waals surface area contributed by atoms with E-state index in [0.717, 1.165) is 26.7 Å². The number of aliphatic hydroxyl groups is 1. The molecule has 0 spiro atoms. The van der Waals surface area contributed by atoms with Crippen LogP contribution in [-0.4, -0.2) is 26.5 Å². The number of nitrogens with one attached hydrogen (secondary N) is 1. The first-order valence-corrected chi connectivity index (χ1v) is 12.1. The number of anilines is 1. The molecule has 0 bridgehead atoms. The van der Waals surface area contributed by atoms with E-state index in [1.54, 1.807) is 41.7 Å². The van der Waals surface area contributed by atoms with Crippen molar-refractivity contribution in [2.24, 2.45) is 0 Å². The molecule has 1 unspecified atom stereocenters. The van der Waals surface area contributed by atoms with E-state index in [1.807, 2.05) is 37.3 Å². The zero-order valence-electron chi connectivity index (χ0n) is 17.5. The fourth-order valence-corrected chi connectivity index (χ4v) is 4.65. The SMILES string of the molecule is Cc1ccc(CC(O)c2ccc(N(NCOCc3c[c-]ccc3)S(C)(=O)=O)cc2)s1.[Y]. The van der Waals surface area contributed by atoms with Crippen molar-refractivity contribution in [2.75, 3.05) is 17.4 Å². The van der Waals surface area contributed by atoms with Crippen molar-refractivity contribution in [3.8, 4) is 0 Å². The molecule has 3 aromatic rings. The molecular formula is C22H25N2O4S2Y-. The maximum atomic E-state index is 12.2. The monoisotopic (exact) mass is 534 g/mol. The van der Waals surface area contributed by atoms with Crippen LogP contribution in [0.3, 0.4) is 0 Å². The molecule has 3 rings (SSSR count). The van der Waals surface area contributed by atoms with Crippen molar-refractivity contribution >= 4 is 27.0 Å². The third-order valence-corrected chi connectivity index (χ3v) is 6.41. The first-order valence-electron chi connectivity index (χ1n) is 9.43. The molecule has 0 aliphatic rings. The Hall–Kier alpha value is -1.13. The van der Waals surface area contributed by atoms with Gasteiger partial charge in [0.05, 0.1) is 18.0 Å². The van der Waals surface area contributed by atoms with Crippen LogP contribution in [-0.2, 0) is 60.5 Å². The van der Waals surface area contributed by atoms with E-state index in [1.165, 1.54) is 4.88 Å². The number of hydrogen-bond donors (Lipinski definition) is 2. The summed E-state index contributed by atoms with van der Waals surface area (Å²) in [5, 5.41) is 10.5. The maximum absolute atomic E-state index is 12.2. The Morgan fingerprint density at radius 2 is 1.94 bits per heavy atom. The Kier molecular flexibility index (Phi) is 10.3. The maximum Gasteiger partial charge on any atom is 0.245 e. The van der Waals surface area contributed by atoms with Gasteiger partial charge in [-0.3, -0.25) is 0 Å². The fourth-order valence-electron chi connectivity index (χ4n) is 2.93. The summed E-state index contributed by atoms with van der Waals surface area (Å²) in [6.07, 6.45) is 0.993. The molecule has 1 aromatic heterocycles. The van der Waals surface area contributed by atoms with Crippen LogP contribution in [0.15, 0.2) is 60.7 Å². The molecule has 163 valence electrons. The Bertz CT molecular complexity index is 1040. The summed E-state index contributed by atoms with van der Waals surface area (Å²) in [4.78, 5) is 2.31. The van der Waals surface area contributed by atoms with Crippen molar-refractivity contribution in [3.05, 3.63) is 87.6 Å². The number of thiophene rings is 1. The van der Waals surface area contributed by atoms with Crippen LogP contribution >= 0.6 is 11.3 Å². The smallest absolute Gasteiger partial charge is 0.245 e. The molecule has 2 aromatic carbocycles. The van der Waals surface area contributed by atoms with E-state index < -0.39 is 16.1 Å². The second-order valence-electron chi connectivity index (χ2n) is 6.91. The second-order valence-corrected chi connectivity index (χ2v) is 10.1. The van der Waals surface area contributed by atoms with Crippen LogP contribution in [0.25, 0.3) is 0 Å². The number of nitrogens with zero attached hydrogens (tertiary/aromatic N) is 1. The van der Waals surface area contributed by atoms with Crippen molar-refractivity contribution in [2.45, 2.75) is 26.1 Å².